The number of anilines is 1. The smallest absolute Gasteiger partial charge is 0.356 e. The van der Waals surface area contributed by atoms with E-state index in [0.717, 1.165) is 55.8 Å². The molecule has 1 saturated carbocycles. The molecule has 1 aliphatic heterocycles. The molecule has 32 heavy (non-hydrogen) atoms. The number of ether oxygens (including phenoxy) is 1. The van der Waals surface area contributed by atoms with Gasteiger partial charge in [0, 0.05) is 49.2 Å². The molecule has 0 amide bonds. The highest BCUT2D eigenvalue weighted by Gasteiger charge is 2.36. The van der Waals surface area contributed by atoms with Gasteiger partial charge in [-0.3, -0.25) is 9.69 Å². The minimum atomic E-state index is -0.430. The molecule has 1 N–H and O–H groups in total. The lowest BCUT2D eigenvalue weighted by molar-refractivity contribution is 0.0594. The van der Waals surface area contributed by atoms with Gasteiger partial charge in [0.05, 0.1) is 19.0 Å². The molecule has 0 spiro atoms. The minimum Gasteiger partial charge on any atom is -0.464 e. The van der Waals surface area contributed by atoms with Crippen molar-refractivity contribution in [2.45, 2.75) is 24.8 Å². The molecule has 1 aliphatic carbocycles. The lowest BCUT2D eigenvalue weighted by atomic mass is 9.76. The van der Waals surface area contributed by atoms with E-state index in [9.17, 15) is 14.0 Å². The highest BCUT2D eigenvalue weighted by Crippen LogP contribution is 2.39. The number of nitrogens with one attached hydrogen (secondary N) is 1. The molecule has 1 saturated heterocycles. The molecule has 166 valence electrons. The van der Waals surface area contributed by atoms with Crippen LogP contribution >= 0.6 is 0 Å². The van der Waals surface area contributed by atoms with Gasteiger partial charge in [0.1, 0.15) is 11.5 Å². The maximum atomic E-state index is 13.4. The van der Waals surface area contributed by atoms with Gasteiger partial charge in [0.2, 0.25) is 0 Å². The molecule has 2 aliphatic rings. The highest BCUT2D eigenvalue weighted by atomic mass is 19.1. The van der Waals surface area contributed by atoms with E-state index in [1.807, 2.05) is 12.1 Å². The second-order valence-corrected chi connectivity index (χ2v) is 8.52. The van der Waals surface area contributed by atoms with Gasteiger partial charge < -0.3 is 14.6 Å². The third-order valence-electron chi connectivity index (χ3n) is 6.72. The number of esters is 1. The molecule has 2 fully saturated rings. The zero-order valence-electron chi connectivity index (χ0n) is 17.9. The number of hydrogen-bond acceptors (Lipinski definition) is 6. The van der Waals surface area contributed by atoms with Crippen LogP contribution in [0, 0.1) is 5.82 Å². The predicted octanol–water partition coefficient (Wildman–Crippen LogP) is 2.92. The summed E-state index contributed by atoms with van der Waals surface area (Å²) in [7, 11) is 1.35. The van der Waals surface area contributed by atoms with Gasteiger partial charge in [-0.05, 0) is 48.6 Å². The number of aromatic nitrogens is 2. The number of aromatic amines is 1. The Morgan fingerprint density at radius 3 is 2.59 bits per heavy atom. The summed E-state index contributed by atoms with van der Waals surface area (Å²) in [5.41, 5.74) is 2.04. The van der Waals surface area contributed by atoms with Crippen LogP contribution in [-0.4, -0.2) is 60.2 Å². The van der Waals surface area contributed by atoms with E-state index in [0.29, 0.717) is 23.0 Å². The minimum absolute atomic E-state index is 0.221. The van der Waals surface area contributed by atoms with Crippen LogP contribution in [-0.2, 0) is 4.74 Å². The van der Waals surface area contributed by atoms with Crippen LogP contribution in [0.15, 0.2) is 47.4 Å². The summed E-state index contributed by atoms with van der Waals surface area (Å²) in [6, 6.07) is 10.5. The Hall–Kier alpha value is -3.26. The fourth-order valence-corrected chi connectivity index (χ4v) is 4.76. The van der Waals surface area contributed by atoms with Crippen molar-refractivity contribution in [3.8, 4) is 0 Å². The fourth-order valence-electron chi connectivity index (χ4n) is 4.76. The highest BCUT2D eigenvalue weighted by molar-refractivity contribution is 5.87. The van der Waals surface area contributed by atoms with Crippen molar-refractivity contribution in [2.24, 2.45) is 0 Å². The van der Waals surface area contributed by atoms with Gasteiger partial charge in [-0.25, -0.2) is 14.2 Å². The molecular weight excluding hydrogens is 411 g/mol. The molecule has 0 bridgehead atoms. The number of pyridine rings is 2. The van der Waals surface area contributed by atoms with Gasteiger partial charge in [0.15, 0.2) is 0 Å². The SMILES string of the molecule is COC(=O)c1ccc(N2CCN(C3CC(c4cc5ccc(F)cc5c(=O)[nH]4)C3)CC2)cn1. The van der Waals surface area contributed by atoms with Crippen molar-refractivity contribution in [1.29, 1.82) is 0 Å². The summed E-state index contributed by atoms with van der Waals surface area (Å²) < 4.78 is 18.1. The molecule has 2 aromatic heterocycles. The Morgan fingerprint density at radius 1 is 1.12 bits per heavy atom. The van der Waals surface area contributed by atoms with E-state index in [1.54, 1.807) is 18.3 Å². The number of methoxy groups -OCH3 is 1. The van der Waals surface area contributed by atoms with Crippen molar-refractivity contribution < 1.29 is 13.9 Å². The van der Waals surface area contributed by atoms with Crippen LogP contribution in [0.4, 0.5) is 10.1 Å². The lowest BCUT2D eigenvalue weighted by Gasteiger charge is -2.46. The standard InChI is InChI=1S/C24H25FN4O3/c1-32-24(31)21-5-4-18(14-26-21)28-6-8-29(9-7-28)19-10-16(11-19)22-12-15-2-3-17(25)13-20(15)23(30)27-22/h2-5,12-14,16,19H,6-11H2,1H3,(H,27,30). The average molecular weight is 436 g/mol. The molecule has 0 atom stereocenters. The van der Waals surface area contributed by atoms with E-state index >= 15 is 0 Å². The van der Waals surface area contributed by atoms with E-state index in [4.69, 9.17) is 4.74 Å². The number of carbonyl (C=O) groups is 1. The normalized spacial score (nSPS) is 21.4. The summed E-state index contributed by atoms with van der Waals surface area (Å²) in [5, 5.41) is 1.18. The second-order valence-electron chi connectivity index (χ2n) is 8.52. The van der Waals surface area contributed by atoms with Gasteiger partial charge in [0.25, 0.3) is 5.56 Å². The third-order valence-corrected chi connectivity index (χ3v) is 6.72. The average Bonchev–Trinajstić information content (AvgIpc) is 2.79. The van der Waals surface area contributed by atoms with Crippen molar-refractivity contribution in [2.75, 3.05) is 38.2 Å². The zero-order valence-corrected chi connectivity index (χ0v) is 17.9. The van der Waals surface area contributed by atoms with E-state index < -0.39 is 11.8 Å². The molecule has 7 nitrogen and oxygen atoms in total. The molecule has 1 aromatic carbocycles. The molecule has 3 aromatic rings. The van der Waals surface area contributed by atoms with E-state index in [1.165, 1.54) is 19.2 Å². The van der Waals surface area contributed by atoms with Crippen LogP contribution in [0.2, 0.25) is 0 Å². The number of rotatable bonds is 4. The predicted molar refractivity (Wildman–Crippen MR) is 120 cm³/mol. The number of H-pyrrole nitrogens is 1. The molecule has 0 unspecified atom stereocenters. The Kier molecular flexibility index (Phi) is 5.38. The first-order chi connectivity index (χ1) is 15.5. The summed E-state index contributed by atoms with van der Waals surface area (Å²) in [5.74, 6) is -0.495. The van der Waals surface area contributed by atoms with Crippen LogP contribution in [0.1, 0.15) is 34.9 Å². The summed E-state index contributed by atoms with van der Waals surface area (Å²) >= 11 is 0. The molecule has 8 heteroatoms. The maximum Gasteiger partial charge on any atom is 0.356 e. The number of carbonyl (C=O) groups excluding carboxylic acids is 1. The Bertz CT molecular complexity index is 1200. The van der Waals surface area contributed by atoms with Gasteiger partial charge >= 0.3 is 5.97 Å². The zero-order chi connectivity index (χ0) is 22.2. The monoisotopic (exact) mass is 436 g/mol. The summed E-state index contributed by atoms with van der Waals surface area (Å²) in [4.78, 5) is 35.9. The second kappa shape index (κ2) is 8.35. The largest absolute Gasteiger partial charge is 0.464 e. The van der Waals surface area contributed by atoms with Gasteiger partial charge in [-0.1, -0.05) is 6.07 Å². The number of benzene rings is 1. The van der Waals surface area contributed by atoms with E-state index in [2.05, 4.69) is 19.8 Å². The number of fused-ring (bicyclic) bond motifs is 1. The maximum absolute atomic E-state index is 13.4. The molecular formula is C24H25FN4O3. The van der Waals surface area contributed by atoms with Crippen molar-refractivity contribution in [3.63, 3.8) is 0 Å². The quantitative estimate of drug-likeness (QED) is 0.634. The van der Waals surface area contributed by atoms with Crippen LogP contribution < -0.4 is 10.5 Å². The first-order valence-electron chi connectivity index (χ1n) is 10.9. The topological polar surface area (TPSA) is 78.5 Å². The van der Waals surface area contributed by atoms with Crippen molar-refractivity contribution in [1.82, 2.24) is 14.9 Å². The Balaban J connectivity index is 1.17. The Labute approximate surface area is 184 Å². The van der Waals surface area contributed by atoms with Crippen LogP contribution in [0.3, 0.4) is 0 Å². The first-order valence-corrected chi connectivity index (χ1v) is 10.9. The summed E-state index contributed by atoms with van der Waals surface area (Å²) in [6.07, 6.45) is 3.75. The third kappa shape index (κ3) is 3.86. The van der Waals surface area contributed by atoms with Crippen LogP contribution in [0.25, 0.3) is 10.8 Å². The number of piperazine rings is 1. The lowest BCUT2D eigenvalue weighted by Crippen LogP contribution is -2.53. The number of nitrogens with zero attached hydrogens (tertiary/aromatic N) is 3. The van der Waals surface area contributed by atoms with Crippen LogP contribution in [0.5, 0.6) is 0 Å². The first kappa shape index (κ1) is 20.6. The fraction of sp³-hybridized carbons (Fsp3) is 0.375. The molecule has 5 rings (SSSR count). The van der Waals surface area contributed by atoms with Gasteiger partial charge in [-0.15, -0.1) is 0 Å². The number of hydrogen-bond donors (Lipinski definition) is 1. The van der Waals surface area contributed by atoms with Gasteiger partial charge in [-0.2, -0.15) is 0 Å². The molecule has 0 radical (unpaired) electrons. The van der Waals surface area contributed by atoms with E-state index in [-0.39, 0.29) is 5.56 Å². The Morgan fingerprint density at radius 2 is 1.91 bits per heavy atom. The van der Waals surface area contributed by atoms with Crippen molar-refractivity contribution in [3.05, 3.63) is 70.2 Å². The summed E-state index contributed by atoms with van der Waals surface area (Å²) in [6.45, 7) is 3.73. The van der Waals surface area contributed by atoms with Crippen molar-refractivity contribution >= 4 is 22.4 Å². The number of halogens is 1. The molecule has 3 heterocycles.